The van der Waals surface area contributed by atoms with E-state index >= 15 is 0 Å². The fraction of sp³-hybridized carbons (Fsp3) is 0.0769. The number of nitrogens with two attached hydrogens (primary N) is 2. The maximum Gasteiger partial charge on any atom is 0.115 e. The number of nitrogens with zero attached hydrogens (tertiary/aromatic N) is 2. The van der Waals surface area contributed by atoms with E-state index in [9.17, 15) is 0 Å². The Balaban J connectivity index is 0.000000134. The van der Waals surface area contributed by atoms with E-state index in [1.165, 1.54) is 17.5 Å². The molecule has 0 bridgehead atoms. The van der Waals surface area contributed by atoms with E-state index in [1.807, 2.05) is 18.2 Å². The Morgan fingerprint density at radius 1 is 1.29 bits per heavy atom. The molecule has 0 aliphatic heterocycles. The van der Waals surface area contributed by atoms with E-state index in [0.29, 0.717) is 12.1 Å². The van der Waals surface area contributed by atoms with Crippen molar-refractivity contribution in [2.24, 2.45) is 5.73 Å². The third kappa shape index (κ3) is 3.04. The fourth-order valence-corrected chi connectivity index (χ4v) is 1.43. The predicted octanol–water partition coefficient (Wildman–Crippen LogP) is 1.74. The van der Waals surface area contributed by atoms with Gasteiger partial charge in [0, 0.05) is 35.3 Å². The van der Waals surface area contributed by atoms with E-state index in [-0.39, 0.29) is 0 Å². The smallest absolute Gasteiger partial charge is 0.115 e. The van der Waals surface area contributed by atoms with Crippen molar-refractivity contribution < 1.29 is 0 Å². The van der Waals surface area contributed by atoms with Gasteiger partial charge in [-0.05, 0) is 23.8 Å². The Morgan fingerprint density at radius 3 is 2.47 bits per heavy atom. The van der Waals surface area contributed by atoms with Gasteiger partial charge in [-0.15, -0.1) is 0 Å². The second-order valence-electron chi connectivity index (χ2n) is 3.84. The zero-order chi connectivity index (χ0) is 12.3. The van der Waals surface area contributed by atoms with E-state index in [2.05, 4.69) is 22.6 Å². The van der Waals surface area contributed by atoms with Crippen molar-refractivity contribution in [1.29, 1.82) is 0 Å². The van der Waals surface area contributed by atoms with Gasteiger partial charge in [0.15, 0.2) is 0 Å². The number of hydrogen-bond donors (Lipinski definition) is 2. The van der Waals surface area contributed by atoms with Gasteiger partial charge in [0.05, 0.1) is 0 Å². The number of rotatable bonds is 2. The van der Waals surface area contributed by atoms with E-state index in [1.54, 1.807) is 6.20 Å². The SMILES string of the molecule is C=C(N)Cc1ccncn1.Nc1ccc2cc1-2. The van der Waals surface area contributed by atoms with Crippen LogP contribution in [0, 0.1) is 0 Å². The number of allylic oxidation sites excluding steroid dienone is 1. The van der Waals surface area contributed by atoms with Crippen LogP contribution < -0.4 is 11.5 Å². The molecule has 17 heavy (non-hydrogen) atoms. The molecule has 0 saturated carbocycles. The second kappa shape index (κ2) is 4.65. The molecule has 4 heteroatoms. The molecule has 4 nitrogen and oxygen atoms in total. The highest BCUT2D eigenvalue weighted by molar-refractivity contribution is 5.91. The molecular formula is C13H14N4. The minimum Gasteiger partial charge on any atom is -0.402 e. The van der Waals surface area contributed by atoms with Gasteiger partial charge >= 0.3 is 0 Å². The topological polar surface area (TPSA) is 77.8 Å². The Morgan fingerprint density at radius 2 is 2.12 bits per heavy atom. The molecule has 86 valence electrons. The highest BCUT2D eigenvalue weighted by atomic mass is 14.8. The molecule has 0 radical (unpaired) electrons. The summed E-state index contributed by atoms with van der Waals surface area (Å²) in [5.74, 6) is 0. The quantitative estimate of drug-likeness (QED) is 0.652. The molecule has 1 aromatic heterocycles. The number of benzene rings is 1. The first-order chi connectivity index (χ1) is 8.16. The van der Waals surface area contributed by atoms with Gasteiger partial charge in [-0.2, -0.15) is 0 Å². The number of nitrogen functional groups attached to an aromatic ring is 1. The van der Waals surface area contributed by atoms with E-state index < -0.39 is 0 Å². The lowest BCUT2D eigenvalue weighted by Crippen LogP contribution is -2.00. The molecular weight excluding hydrogens is 212 g/mol. The zero-order valence-electron chi connectivity index (χ0n) is 9.43. The molecule has 3 rings (SSSR count). The average molecular weight is 226 g/mol. The first-order valence-corrected chi connectivity index (χ1v) is 5.25. The highest BCUT2D eigenvalue weighted by Gasteiger charge is 2.13. The van der Waals surface area contributed by atoms with Crippen molar-refractivity contribution in [3.63, 3.8) is 0 Å². The van der Waals surface area contributed by atoms with Crippen molar-refractivity contribution in [3.05, 3.63) is 54.8 Å². The van der Waals surface area contributed by atoms with Crippen LogP contribution in [-0.2, 0) is 6.42 Å². The summed E-state index contributed by atoms with van der Waals surface area (Å²) >= 11 is 0. The molecule has 0 fully saturated rings. The molecule has 0 amide bonds. The van der Waals surface area contributed by atoms with Crippen LogP contribution in [0.25, 0.3) is 11.1 Å². The Hall–Kier alpha value is -2.36. The Labute approximate surface area is 100 Å². The number of fused-ring (bicyclic) bond motifs is 1. The average Bonchev–Trinajstić information content (AvgIpc) is 3.00. The minimum atomic E-state index is 0.624. The minimum absolute atomic E-state index is 0.624. The first kappa shape index (κ1) is 11.1. The van der Waals surface area contributed by atoms with Crippen LogP contribution in [-0.4, -0.2) is 9.97 Å². The van der Waals surface area contributed by atoms with Crippen LogP contribution in [0.3, 0.4) is 0 Å². The van der Waals surface area contributed by atoms with Crippen molar-refractivity contribution in [2.75, 3.05) is 5.73 Å². The Bertz CT molecular complexity index is 534. The van der Waals surface area contributed by atoms with Gasteiger partial charge in [-0.3, -0.25) is 0 Å². The van der Waals surface area contributed by atoms with Gasteiger partial charge in [-0.25, -0.2) is 9.97 Å². The van der Waals surface area contributed by atoms with Crippen molar-refractivity contribution >= 4 is 5.69 Å². The molecule has 4 N–H and O–H groups in total. The third-order valence-electron chi connectivity index (χ3n) is 2.33. The van der Waals surface area contributed by atoms with Crippen molar-refractivity contribution in [2.45, 2.75) is 6.42 Å². The van der Waals surface area contributed by atoms with Crippen LogP contribution in [0.1, 0.15) is 5.69 Å². The summed E-state index contributed by atoms with van der Waals surface area (Å²) in [5.41, 5.74) is 15.9. The van der Waals surface area contributed by atoms with Gasteiger partial charge in [0.1, 0.15) is 6.33 Å². The lowest BCUT2D eigenvalue weighted by atomic mass is 10.2. The molecule has 1 heterocycles. The standard InChI is InChI=1S/C7H9N3.C6H5N/c1-6(8)4-7-2-3-9-5-10-7;7-6-2-1-4-3-5(4)6/h2-3,5H,1,4,8H2;1-3H,7H2. The summed E-state index contributed by atoms with van der Waals surface area (Å²) < 4.78 is 0. The summed E-state index contributed by atoms with van der Waals surface area (Å²) in [6.45, 7) is 3.57. The highest BCUT2D eigenvalue weighted by Crippen LogP contribution is 2.39. The van der Waals surface area contributed by atoms with Gasteiger partial charge in [-0.1, -0.05) is 12.6 Å². The Kier molecular flexibility index (Phi) is 3.05. The van der Waals surface area contributed by atoms with Crippen LogP contribution in [0.2, 0.25) is 0 Å². The van der Waals surface area contributed by atoms with Crippen molar-refractivity contribution in [1.82, 2.24) is 9.97 Å². The zero-order valence-corrected chi connectivity index (χ0v) is 9.43. The van der Waals surface area contributed by atoms with Crippen LogP contribution in [0.5, 0.6) is 0 Å². The van der Waals surface area contributed by atoms with Crippen LogP contribution in [0.4, 0.5) is 5.69 Å². The summed E-state index contributed by atoms with van der Waals surface area (Å²) in [5, 5.41) is 0. The van der Waals surface area contributed by atoms with Gasteiger partial charge < -0.3 is 11.5 Å². The molecule has 1 aromatic rings. The fourth-order valence-electron chi connectivity index (χ4n) is 1.43. The monoisotopic (exact) mass is 226 g/mol. The summed E-state index contributed by atoms with van der Waals surface area (Å²) in [6, 6.07) is 7.86. The second-order valence-corrected chi connectivity index (χ2v) is 3.84. The van der Waals surface area contributed by atoms with Gasteiger partial charge in [0.25, 0.3) is 0 Å². The molecule has 0 spiro atoms. The van der Waals surface area contributed by atoms with Crippen molar-refractivity contribution in [3.8, 4) is 11.1 Å². The summed E-state index contributed by atoms with van der Waals surface area (Å²) in [4.78, 5) is 7.74. The number of anilines is 1. The molecule has 0 unspecified atom stereocenters. The normalized spacial score (nSPS) is 10.1. The molecule has 0 aromatic carbocycles. The maximum absolute atomic E-state index is 5.46. The lowest BCUT2D eigenvalue weighted by Gasteiger charge is -1.95. The maximum atomic E-state index is 5.46. The lowest BCUT2D eigenvalue weighted by molar-refractivity contribution is 1.00. The van der Waals surface area contributed by atoms with E-state index in [4.69, 9.17) is 11.5 Å². The molecule has 2 aliphatic rings. The van der Waals surface area contributed by atoms with Gasteiger partial charge in [0.2, 0.25) is 0 Å². The largest absolute Gasteiger partial charge is 0.402 e. The predicted molar refractivity (Wildman–Crippen MR) is 68.9 cm³/mol. The molecule has 2 aliphatic carbocycles. The molecule has 0 saturated heterocycles. The van der Waals surface area contributed by atoms with E-state index in [0.717, 1.165) is 11.4 Å². The first-order valence-electron chi connectivity index (χ1n) is 5.25. The third-order valence-corrected chi connectivity index (χ3v) is 2.33. The number of hydrogen-bond acceptors (Lipinski definition) is 4. The summed E-state index contributed by atoms with van der Waals surface area (Å²) in [6.07, 6.45) is 3.81. The number of aromatic nitrogens is 2. The van der Waals surface area contributed by atoms with Crippen LogP contribution in [0.15, 0.2) is 49.1 Å². The summed E-state index contributed by atoms with van der Waals surface area (Å²) in [7, 11) is 0. The molecule has 0 atom stereocenters. The van der Waals surface area contributed by atoms with Crippen LogP contribution >= 0.6 is 0 Å².